The van der Waals surface area contributed by atoms with E-state index in [1.54, 1.807) is 0 Å². The van der Waals surface area contributed by atoms with Crippen LogP contribution in [-0.4, -0.2) is 24.0 Å². The number of rotatable bonds is 3. The molecule has 0 spiro atoms. The molecule has 1 aliphatic carbocycles. The van der Waals surface area contributed by atoms with Crippen LogP contribution >= 0.6 is 12.4 Å². The van der Waals surface area contributed by atoms with Crippen LogP contribution in [0.4, 0.5) is 0 Å². The average molecular weight is 315 g/mol. The van der Waals surface area contributed by atoms with E-state index >= 15 is 0 Å². The molecule has 0 aromatic rings. The number of hydrogen-bond acceptors (Lipinski definition) is 2. The summed E-state index contributed by atoms with van der Waals surface area (Å²) in [6, 6.07) is 1.78. The molecule has 3 rings (SSSR count). The summed E-state index contributed by atoms with van der Waals surface area (Å²) in [6.07, 6.45) is 10.8. The normalized spacial score (nSPS) is 37.6. The van der Waals surface area contributed by atoms with E-state index in [9.17, 15) is 4.79 Å². The quantitative estimate of drug-likeness (QED) is 0.838. The molecular formula is C17H31ClN2O. The van der Waals surface area contributed by atoms with Gasteiger partial charge in [0.25, 0.3) is 0 Å². The van der Waals surface area contributed by atoms with Crippen molar-refractivity contribution in [3.8, 4) is 0 Å². The minimum Gasteiger partial charge on any atom is -0.353 e. The number of amides is 1. The van der Waals surface area contributed by atoms with Gasteiger partial charge in [0.05, 0.1) is 0 Å². The van der Waals surface area contributed by atoms with Crippen LogP contribution in [0, 0.1) is 11.3 Å². The van der Waals surface area contributed by atoms with Crippen LogP contribution in [-0.2, 0) is 4.79 Å². The number of carbonyl (C=O) groups excluding carboxylic acids is 1. The second-order valence-electron chi connectivity index (χ2n) is 8.03. The van der Waals surface area contributed by atoms with Crippen molar-refractivity contribution in [1.29, 1.82) is 0 Å². The van der Waals surface area contributed by atoms with Gasteiger partial charge in [-0.3, -0.25) is 4.79 Å². The summed E-state index contributed by atoms with van der Waals surface area (Å²) >= 11 is 0. The lowest BCUT2D eigenvalue weighted by Gasteiger charge is -2.39. The molecule has 2 aliphatic heterocycles. The molecule has 3 fully saturated rings. The zero-order valence-corrected chi connectivity index (χ0v) is 14.3. The van der Waals surface area contributed by atoms with Gasteiger partial charge in [0, 0.05) is 24.5 Å². The Morgan fingerprint density at radius 2 is 1.81 bits per heavy atom. The van der Waals surface area contributed by atoms with E-state index in [0.717, 1.165) is 12.8 Å². The van der Waals surface area contributed by atoms with Gasteiger partial charge in [-0.25, -0.2) is 0 Å². The van der Waals surface area contributed by atoms with Gasteiger partial charge in [-0.15, -0.1) is 12.4 Å². The van der Waals surface area contributed by atoms with Crippen LogP contribution in [0.1, 0.15) is 71.6 Å². The molecule has 2 bridgehead atoms. The highest BCUT2D eigenvalue weighted by atomic mass is 35.5. The third-order valence-electron chi connectivity index (χ3n) is 5.89. The molecular weight excluding hydrogens is 284 g/mol. The van der Waals surface area contributed by atoms with E-state index < -0.39 is 0 Å². The predicted molar refractivity (Wildman–Crippen MR) is 88.7 cm³/mol. The topological polar surface area (TPSA) is 41.1 Å². The Balaban J connectivity index is 0.00000161. The Morgan fingerprint density at radius 1 is 1.14 bits per heavy atom. The molecule has 0 aromatic carbocycles. The van der Waals surface area contributed by atoms with Crippen LogP contribution in [0.5, 0.6) is 0 Å². The van der Waals surface area contributed by atoms with Gasteiger partial charge in [0.15, 0.2) is 0 Å². The van der Waals surface area contributed by atoms with Crippen molar-refractivity contribution in [2.75, 3.05) is 0 Å². The molecule has 2 heterocycles. The summed E-state index contributed by atoms with van der Waals surface area (Å²) in [5.41, 5.74) is 0.279. The second-order valence-corrected chi connectivity index (χ2v) is 8.03. The lowest BCUT2D eigenvalue weighted by Crippen LogP contribution is -2.48. The van der Waals surface area contributed by atoms with E-state index in [2.05, 4.69) is 24.5 Å². The molecule has 4 heteroatoms. The first-order chi connectivity index (χ1) is 9.53. The molecule has 3 atom stereocenters. The van der Waals surface area contributed by atoms with Crippen molar-refractivity contribution in [3.63, 3.8) is 0 Å². The first kappa shape index (κ1) is 17.1. The number of fused-ring (bicyclic) bond motifs is 2. The molecule has 3 aliphatic rings. The first-order valence-corrected chi connectivity index (χ1v) is 8.58. The maximum atomic E-state index is 12.4. The highest BCUT2D eigenvalue weighted by molar-refractivity contribution is 5.85. The molecule has 0 aromatic heterocycles. The highest BCUT2D eigenvalue weighted by Gasteiger charge is 2.36. The molecule has 3 nitrogen and oxygen atoms in total. The maximum absolute atomic E-state index is 12.4. The van der Waals surface area contributed by atoms with Crippen LogP contribution in [0.3, 0.4) is 0 Å². The third-order valence-corrected chi connectivity index (χ3v) is 5.89. The highest BCUT2D eigenvalue weighted by Crippen LogP contribution is 2.36. The van der Waals surface area contributed by atoms with Gasteiger partial charge in [-0.1, -0.05) is 26.7 Å². The number of halogens is 1. The lowest BCUT2D eigenvalue weighted by atomic mass is 9.73. The second kappa shape index (κ2) is 6.87. The van der Waals surface area contributed by atoms with Gasteiger partial charge < -0.3 is 10.6 Å². The smallest absolute Gasteiger partial charge is 0.220 e. The Labute approximate surface area is 135 Å². The maximum Gasteiger partial charge on any atom is 0.220 e. The standard InChI is InChI=1S/C17H30N2O.ClH/c1-17(2)8-4-3-5-15(17)19-16(20)11-12-9-13-6-7-14(10-12)18-13;/h12-15,18H,3-11H2,1-2H3,(H,19,20);1H. The molecule has 0 radical (unpaired) electrons. The summed E-state index contributed by atoms with van der Waals surface area (Å²) in [7, 11) is 0. The number of piperidine rings is 1. The van der Waals surface area contributed by atoms with Crippen molar-refractivity contribution >= 4 is 18.3 Å². The van der Waals surface area contributed by atoms with Crippen LogP contribution in [0.25, 0.3) is 0 Å². The van der Waals surface area contributed by atoms with Crippen molar-refractivity contribution in [3.05, 3.63) is 0 Å². The van der Waals surface area contributed by atoms with E-state index in [-0.39, 0.29) is 17.8 Å². The minimum absolute atomic E-state index is 0. The summed E-state index contributed by atoms with van der Waals surface area (Å²) in [4.78, 5) is 12.4. The fourth-order valence-corrected chi connectivity index (χ4v) is 4.62. The monoisotopic (exact) mass is 314 g/mol. The van der Waals surface area contributed by atoms with Crippen molar-refractivity contribution in [2.24, 2.45) is 11.3 Å². The van der Waals surface area contributed by atoms with Gasteiger partial charge >= 0.3 is 0 Å². The van der Waals surface area contributed by atoms with E-state index in [1.807, 2.05) is 0 Å². The predicted octanol–water partition coefficient (Wildman–Crippen LogP) is 3.41. The molecule has 2 N–H and O–H groups in total. The molecule has 3 unspecified atom stereocenters. The van der Waals surface area contributed by atoms with Gasteiger partial charge in [0.2, 0.25) is 5.91 Å². The number of hydrogen-bond donors (Lipinski definition) is 2. The number of nitrogens with one attached hydrogen (secondary N) is 2. The lowest BCUT2D eigenvalue weighted by molar-refractivity contribution is -0.124. The fourth-order valence-electron chi connectivity index (χ4n) is 4.62. The Hall–Kier alpha value is -0.280. The summed E-state index contributed by atoms with van der Waals surface area (Å²) in [5, 5.41) is 7.00. The van der Waals surface area contributed by atoms with Gasteiger partial charge in [0.1, 0.15) is 0 Å². The summed E-state index contributed by atoms with van der Waals surface area (Å²) in [6.45, 7) is 4.61. The van der Waals surface area contributed by atoms with Crippen LogP contribution in [0.2, 0.25) is 0 Å². The van der Waals surface area contributed by atoms with Crippen molar-refractivity contribution in [1.82, 2.24) is 10.6 Å². The number of carbonyl (C=O) groups is 1. The zero-order chi connectivity index (χ0) is 14.2. The third kappa shape index (κ3) is 4.13. The van der Waals surface area contributed by atoms with E-state index in [4.69, 9.17) is 0 Å². The van der Waals surface area contributed by atoms with Crippen LogP contribution < -0.4 is 10.6 Å². The average Bonchev–Trinajstić information content (AvgIpc) is 2.71. The van der Waals surface area contributed by atoms with E-state index in [0.29, 0.717) is 30.0 Å². The molecule has 2 saturated heterocycles. The molecule has 1 amide bonds. The van der Waals surface area contributed by atoms with Gasteiger partial charge in [-0.2, -0.15) is 0 Å². The largest absolute Gasteiger partial charge is 0.353 e. The molecule has 1 saturated carbocycles. The summed E-state index contributed by atoms with van der Waals surface area (Å²) < 4.78 is 0. The Bertz CT molecular complexity index is 360. The van der Waals surface area contributed by atoms with Gasteiger partial charge in [-0.05, 0) is 49.9 Å². The van der Waals surface area contributed by atoms with Crippen LogP contribution in [0.15, 0.2) is 0 Å². The van der Waals surface area contributed by atoms with Crippen molar-refractivity contribution < 1.29 is 4.79 Å². The minimum atomic E-state index is 0. The van der Waals surface area contributed by atoms with Crippen molar-refractivity contribution in [2.45, 2.75) is 89.8 Å². The molecule has 21 heavy (non-hydrogen) atoms. The van der Waals surface area contributed by atoms with E-state index in [1.165, 1.54) is 44.9 Å². The zero-order valence-electron chi connectivity index (χ0n) is 13.5. The fraction of sp³-hybridized carbons (Fsp3) is 0.941. The molecule has 122 valence electrons. The Morgan fingerprint density at radius 3 is 2.43 bits per heavy atom. The Kier molecular flexibility index (Phi) is 5.59. The summed E-state index contributed by atoms with van der Waals surface area (Å²) in [5.74, 6) is 0.914. The SMILES string of the molecule is CC1(C)CCCCC1NC(=O)CC1CC2CCC(C1)N2.Cl. The first-order valence-electron chi connectivity index (χ1n) is 8.58.